The second-order valence-corrected chi connectivity index (χ2v) is 11.0. The van der Waals surface area contributed by atoms with Gasteiger partial charge in [-0.05, 0) is 44.7 Å². The molecule has 2 aromatic rings. The fourth-order valence-electron chi connectivity index (χ4n) is 4.48. The van der Waals surface area contributed by atoms with Crippen molar-refractivity contribution in [2.75, 3.05) is 13.2 Å². The van der Waals surface area contributed by atoms with Gasteiger partial charge in [0.2, 0.25) is 15.9 Å². The number of para-hydroxylation sites is 1. The van der Waals surface area contributed by atoms with Crippen molar-refractivity contribution in [2.24, 2.45) is 0 Å². The van der Waals surface area contributed by atoms with Gasteiger partial charge in [0.05, 0.1) is 24.3 Å². The fourth-order valence-corrected chi connectivity index (χ4v) is 5.45. The Hall–Kier alpha value is -2.45. The molecule has 1 fully saturated rings. The van der Waals surface area contributed by atoms with Crippen LogP contribution in [0, 0.1) is 5.82 Å². The van der Waals surface area contributed by atoms with Gasteiger partial charge in [-0.2, -0.15) is 0 Å². The third kappa shape index (κ3) is 4.52. The van der Waals surface area contributed by atoms with Crippen LogP contribution in [0.5, 0.6) is 5.75 Å². The number of nitrogens with one attached hydrogen (secondary N) is 1. The summed E-state index contributed by atoms with van der Waals surface area (Å²) in [7, 11) is -3.54. The molecule has 8 heteroatoms. The summed E-state index contributed by atoms with van der Waals surface area (Å²) in [6.07, 6.45) is 1.69. The van der Waals surface area contributed by atoms with E-state index in [1.54, 1.807) is 49.1 Å². The van der Waals surface area contributed by atoms with Gasteiger partial charge in [-0.15, -0.1) is 0 Å². The van der Waals surface area contributed by atoms with Gasteiger partial charge in [0.25, 0.3) is 0 Å². The average molecular weight is 461 g/mol. The zero-order chi connectivity index (χ0) is 22.9. The third-order valence-corrected chi connectivity index (χ3v) is 8.17. The lowest BCUT2D eigenvalue weighted by Gasteiger charge is -2.42. The van der Waals surface area contributed by atoms with E-state index in [2.05, 4.69) is 4.72 Å². The fraction of sp³-hybridized carbons (Fsp3) is 0.458. The molecular weight excluding hydrogens is 431 g/mol. The van der Waals surface area contributed by atoms with Crippen molar-refractivity contribution in [1.29, 1.82) is 0 Å². The second kappa shape index (κ2) is 9.19. The predicted molar refractivity (Wildman–Crippen MR) is 121 cm³/mol. The van der Waals surface area contributed by atoms with Crippen LogP contribution in [0.4, 0.5) is 4.39 Å². The molecule has 0 radical (unpaired) electrons. The number of rotatable bonds is 3. The molecule has 6 nitrogen and oxygen atoms in total. The van der Waals surface area contributed by atoms with Gasteiger partial charge in [-0.3, -0.25) is 4.79 Å². The highest BCUT2D eigenvalue weighted by atomic mass is 32.2. The number of carbonyl (C=O) groups excluding carboxylic acids is 1. The maximum atomic E-state index is 15.7. The summed E-state index contributed by atoms with van der Waals surface area (Å²) in [5, 5.41) is -0.593. The maximum absolute atomic E-state index is 15.7. The molecule has 0 spiro atoms. The summed E-state index contributed by atoms with van der Waals surface area (Å²) < 4.78 is 49.5. The molecule has 0 aromatic heterocycles. The summed E-state index contributed by atoms with van der Waals surface area (Å²) >= 11 is 0. The number of halogens is 1. The molecule has 2 aromatic carbocycles. The third-order valence-electron chi connectivity index (χ3n) is 6.29. The van der Waals surface area contributed by atoms with E-state index in [0.29, 0.717) is 41.8 Å². The standard InChI is InChI=1S/C24H29FN2O4S/c1-16(2)32(29,30)26-20-10-6-13-27-21(20)15-17-7-5-9-19(24(17)25)18-8-3-4-11-22(18)31-14-12-23(27)28/h3-5,7-9,11,16,20-21,26H,6,10,12-15H2,1-2H3. The Bertz CT molecular complexity index is 1100. The first-order valence-electron chi connectivity index (χ1n) is 11.1. The van der Waals surface area contributed by atoms with Crippen LogP contribution >= 0.6 is 0 Å². The highest BCUT2D eigenvalue weighted by Gasteiger charge is 2.37. The van der Waals surface area contributed by atoms with E-state index >= 15 is 4.39 Å². The normalized spacial score (nSPS) is 21.8. The topological polar surface area (TPSA) is 75.7 Å². The number of hydrogen-bond acceptors (Lipinski definition) is 4. The number of nitrogens with zero attached hydrogens (tertiary/aromatic N) is 1. The summed E-state index contributed by atoms with van der Waals surface area (Å²) in [4.78, 5) is 14.8. The average Bonchev–Trinajstić information content (AvgIpc) is 2.76. The van der Waals surface area contributed by atoms with Crippen LogP contribution < -0.4 is 9.46 Å². The summed E-state index contributed by atoms with van der Waals surface area (Å²) in [6.45, 7) is 3.92. The molecule has 32 heavy (non-hydrogen) atoms. The lowest BCUT2D eigenvalue weighted by molar-refractivity contribution is -0.136. The first kappa shape index (κ1) is 22.7. The van der Waals surface area contributed by atoms with E-state index < -0.39 is 27.4 Å². The largest absolute Gasteiger partial charge is 0.492 e. The molecule has 2 unspecified atom stereocenters. The van der Waals surface area contributed by atoms with Gasteiger partial charge >= 0.3 is 0 Å². The maximum Gasteiger partial charge on any atom is 0.226 e. The van der Waals surface area contributed by atoms with Gasteiger partial charge < -0.3 is 9.64 Å². The number of piperidine rings is 1. The van der Waals surface area contributed by atoms with Crippen LogP contribution in [0.2, 0.25) is 0 Å². The summed E-state index contributed by atoms with van der Waals surface area (Å²) in [5.74, 6) is 0.0558. The highest BCUT2D eigenvalue weighted by molar-refractivity contribution is 7.90. The molecule has 0 saturated carbocycles. The number of hydrogen-bond donors (Lipinski definition) is 1. The Kier molecular flexibility index (Phi) is 6.53. The summed E-state index contributed by atoms with van der Waals surface area (Å²) in [6, 6.07) is 11.5. The lowest BCUT2D eigenvalue weighted by Crippen LogP contribution is -2.58. The van der Waals surface area contributed by atoms with Crippen molar-refractivity contribution in [3.05, 3.63) is 53.8 Å². The Labute approximate surface area is 188 Å². The molecule has 2 aliphatic rings. The second-order valence-electron chi connectivity index (χ2n) is 8.69. The van der Waals surface area contributed by atoms with Crippen molar-refractivity contribution < 1.29 is 22.3 Å². The van der Waals surface area contributed by atoms with Gasteiger partial charge in [-0.25, -0.2) is 17.5 Å². The number of fused-ring (bicyclic) bond motifs is 5. The molecular formula is C24H29FN2O4S. The number of benzene rings is 2. The van der Waals surface area contributed by atoms with Crippen LogP contribution in [0.25, 0.3) is 11.1 Å². The molecule has 2 heterocycles. The van der Waals surface area contributed by atoms with E-state index in [9.17, 15) is 13.2 Å². The Morgan fingerprint density at radius 2 is 1.88 bits per heavy atom. The first-order valence-corrected chi connectivity index (χ1v) is 12.6. The van der Waals surface area contributed by atoms with E-state index in [4.69, 9.17) is 4.74 Å². The zero-order valence-corrected chi connectivity index (χ0v) is 19.2. The lowest BCUT2D eigenvalue weighted by atomic mass is 9.89. The Morgan fingerprint density at radius 1 is 1.12 bits per heavy atom. The zero-order valence-electron chi connectivity index (χ0n) is 18.4. The van der Waals surface area contributed by atoms with Gasteiger partial charge in [0, 0.05) is 23.7 Å². The monoisotopic (exact) mass is 460 g/mol. The first-order chi connectivity index (χ1) is 15.3. The van der Waals surface area contributed by atoms with E-state index in [-0.39, 0.29) is 31.2 Å². The van der Waals surface area contributed by atoms with Gasteiger partial charge in [0.15, 0.2) is 0 Å². The van der Waals surface area contributed by atoms with Crippen molar-refractivity contribution in [3.8, 4) is 16.9 Å². The number of sulfonamides is 1. The molecule has 2 aliphatic heterocycles. The van der Waals surface area contributed by atoms with Crippen molar-refractivity contribution in [1.82, 2.24) is 9.62 Å². The molecule has 1 N–H and O–H groups in total. The van der Waals surface area contributed by atoms with Crippen LogP contribution in [-0.4, -0.2) is 49.7 Å². The smallest absolute Gasteiger partial charge is 0.226 e. The highest BCUT2D eigenvalue weighted by Crippen LogP contribution is 2.35. The molecule has 2 atom stereocenters. The quantitative estimate of drug-likeness (QED) is 0.761. The SMILES string of the molecule is CC(C)S(=O)(=O)NC1CCCN2C(=O)CCOc3ccccc3-c3cccc(c3F)CC12. The summed E-state index contributed by atoms with van der Waals surface area (Å²) in [5.41, 5.74) is 1.53. The minimum atomic E-state index is -3.54. The molecule has 4 rings (SSSR count). The van der Waals surface area contributed by atoms with Crippen LogP contribution in [0.1, 0.15) is 38.7 Å². The van der Waals surface area contributed by atoms with E-state index in [1.807, 2.05) is 12.1 Å². The van der Waals surface area contributed by atoms with Crippen molar-refractivity contribution >= 4 is 15.9 Å². The molecule has 1 saturated heterocycles. The Balaban J connectivity index is 1.78. The number of ether oxygens (including phenoxy) is 1. The van der Waals surface area contributed by atoms with Crippen molar-refractivity contribution in [3.63, 3.8) is 0 Å². The molecule has 172 valence electrons. The number of amides is 1. The molecule has 1 amide bonds. The Morgan fingerprint density at radius 3 is 2.66 bits per heavy atom. The van der Waals surface area contributed by atoms with E-state index in [0.717, 1.165) is 0 Å². The predicted octanol–water partition coefficient (Wildman–Crippen LogP) is 3.51. The van der Waals surface area contributed by atoms with E-state index in [1.165, 1.54) is 0 Å². The molecule has 2 bridgehead atoms. The van der Waals surface area contributed by atoms with Crippen LogP contribution in [-0.2, 0) is 21.2 Å². The number of carbonyl (C=O) groups is 1. The van der Waals surface area contributed by atoms with Crippen molar-refractivity contribution in [2.45, 2.75) is 56.9 Å². The molecule has 0 aliphatic carbocycles. The van der Waals surface area contributed by atoms with Gasteiger partial charge in [0.1, 0.15) is 11.6 Å². The van der Waals surface area contributed by atoms with Crippen LogP contribution in [0.15, 0.2) is 42.5 Å². The minimum absolute atomic E-state index is 0.113. The minimum Gasteiger partial charge on any atom is -0.492 e. The van der Waals surface area contributed by atoms with Gasteiger partial charge in [-0.1, -0.05) is 36.4 Å². The van der Waals surface area contributed by atoms with Crippen LogP contribution in [0.3, 0.4) is 0 Å².